The second-order valence-corrected chi connectivity index (χ2v) is 3.12. The van der Waals surface area contributed by atoms with Crippen molar-refractivity contribution in [3.05, 3.63) is 12.2 Å². The number of halogens is 2. The van der Waals surface area contributed by atoms with Crippen LogP contribution < -0.4 is 0 Å². The minimum Gasteiger partial charge on any atom is -0.206 e. The molecule has 0 unspecified atom stereocenters. The molecule has 0 N–H and O–H groups in total. The van der Waals surface area contributed by atoms with Crippen LogP contribution in [0.2, 0.25) is 0 Å². The fourth-order valence-electron chi connectivity index (χ4n) is 1.57. The van der Waals surface area contributed by atoms with E-state index in [2.05, 4.69) is 0 Å². The van der Waals surface area contributed by atoms with Crippen LogP contribution in [0.25, 0.3) is 0 Å². The van der Waals surface area contributed by atoms with Crippen molar-refractivity contribution in [2.45, 2.75) is 38.5 Å². The molecule has 0 aliphatic heterocycles. The molecule has 0 nitrogen and oxygen atoms in total. The molecule has 0 aromatic heterocycles. The number of hydrogen-bond donors (Lipinski definition) is 0. The molecule has 0 radical (unpaired) electrons. The van der Waals surface area contributed by atoms with E-state index in [1.165, 1.54) is 19.3 Å². The molecule has 2 heteroatoms. The topological polar surface area (TPSA) is 0 Å². The number of alkyl halides is 2. The molecular weight excluding hydrogens is 146 g/mol. The van der Waals surface area contributed by atoms with E-state index in [-0.39, 0.29) is 0 Å². The summed E-state index contributed by atoms with van der Waals surface area (Å²) in [6.07, 6.45) is 6.33. The average Bonchev–Trinajstić information content (AvgIpc) is 2.03. The lowest BCUT2D eigenvalue weighted by molar-refractivity contribution is 0.203. The SMILES string of the molecule is FC(F)/C=C/C1CCCCC1. The normalized spacial score (nSPS) is 21.7. The molecular formula is C9H14F2. The van der Waals surface area contributed by atoms with Gasteiger partial charge >= 0.3 is 0 Å². The van der Waals surface area contributed by atoms with Gasteiger partial charge in [-0.2, -0.15) is 0 Å². The number of hydrogen-bond acceptors (Lipinski definition) is 0. The molecule has 1 rings (SSSR count). The van der Waals surface area contributed by atoms with Crippen molar-refractivity contribution >= 4 is 0 Å². The molecule has 0 saturated heterocycles. The highest BCUT2D eigenvalue weighted by molar-refractivity contribution is 4.91. The highest BCUT2D eigenvalue weighted by Gasteiger charge is 2.10. The Morgan fingerprint density at radius 1 is 1.09 bits per heavy atom. The molecule has 11 heavy (non-hydrogen) atoms. The zero-order valence-electron chi connectivity index (χ0n) is 6.60. The van der Waals surface area contributed by atoms with E-state index >= 15 is 0 Å². The van der Waals surface area contributed by atoms with E-state index in [1.54, 1.807) is 6.08 Å². The van der Waals surface area contributed by atoms with Crippen LogP contribution >= 0.6 is 0 Å². The molecule has 0 heterocycles. The maximum atomic E-state index is 11.7. The third-order valence-electron chi connectivity index (χ3n) is 2.18. The third kappa shape index (κ3) is 3.49. The molecule has 0 amide bonds. The fraction of sp³-hybridized carbons (Fsp3) is 0.778. The van der Waals surface area contributed by atoms with Gasteiger partial charge in [-0.15, -0.1) is 0 Å². The monoisotopic (exact) mass is 160 g/mol. The van der Waals surface area contributed by atoms with Crippen molar-refractivity contribution in [3.8, 4) is 0 Å². The highest BCUT2D eigenvalue weighted by Crippen LogP contribution is 2.24. The van der Waals surface area contributed by atoms with Crippen molar-refractivity contribution in [3.63, 3.8) is 0 Å². The zero-order valence-corrected chi connectivity index (χ0v) is 6.60. The summed E-state index contributed by atoms with van der Waals surface area (Å²) in [4.78, 5) is 0. The Balaban J connectivity index is 2.23. The first kappa shape index (κ1) is 8.69. The van der Waals surface area contributed by atoms with E-state index < -0.39 is 6.43 Å². The van der Waals surface area contributed by atoms with Crippen LogP contribution in [-0.4, -0.2) is 6.43 Å². The molecule has 0 aromatic rings. The summed E-state index contributed by atoms with van der Waals surface area (Å²) in [6, 6.07) is 0. The number of allylic oxidation sites excluding steroid dienone is 2. The van der Waals surface area contributed by atoms with Crippen molar-refractivity contribution in [1.29, 1.82) is 0 Å². The molecule has 1 saturated carbocycles. The molecule has 0 atom stereocenters. The van der Waals surface area contributed by atoms with Crippen molar-refractivity contribution < 1.29 is 8.78 Å². The van der Waals surface area contributed by atoms with E-state index in [1.807, 2.05) is 0 Å². The lowest BCUT2D eigenvalue weighted by Gasteiger charge is -2.17. The van der Waals surface area contributed by atoms with Crippen molar-refractivity contribution in [2.75, 3.05) is 0 Å². The van der Waals surface area contributed by atoms with Crippen LogP contribution in [0.5, 0.6) is 0 Å². The first-order valence-corrected chi connectivity index (χ1v) is 4.25. The highest BCUT2D eigenvalue weighted by atomic mass is 19.3. The molecule has 0 spiro atoms. The van der Waals surface area contributed by atoms with Crippen LogP contribution in [0.3, 0.4) is 0 Å². The Labute approximate surface area is 66.3 Å². The van der Waals surface area contributed by atoms with Crippen LogP contribution in [-0.2, 0) is 0 Å². The summed E-state index contributed by atoms with van der Waals surface area (Å²) >= 11 is 0. The van der Waals surface area contributed by atoms with E-state index in [4.69, 9.17) is 0 Å². The standard InChI is InChI=1S/C9H14F2/c10-9(11)7-6-8-4-2-1-3-5-8/h6-9H,1-5H2/b7-6+. The van der Waals surface area contributed by atoms with Crippen LogP contribution in [0.15, 0.2) is 12.2 Å². The van der Waals surface area contributed by atoms with E-state index in [0.29, 0.717) is 5.92 Å². The summed E-state index contributed by atoms with van der Waals surface area (Å²) in [5, 5.41) is 0. The molecule has 1 fully saturated rings. The zero-order chi connectivity index (χ0) is 8.10. The van der Waals surface area contributed by atoms with E-state index in [0.717, 1.165) is 18.9 Å². The third-order valence-corrected chi connectivity index (χ3v) is 2.18. The molecule has 0 bridgehead atoms. The average molecular weight is 160 g/mol. The van der Waals surface area contributed by atoms with Crippen LogP contribution in [0.1, 0.15) is 32.1 Å². The second-order valence-electron chi connectivity index (χ2n) is 3.12. The maximum absolute atomic E-state index is 11.7. The Morgan fingerprint density at radius 2 is 1.73 bits per heavy atom. The van der Waals surface area contributed by atoms with Gasteiger partial charge in [0.2, 0.25) is 0 Å². The molecule has 64 valence electrons. The summed E-state index contributed by atoms with van der Waals surface area (Å²) in [5.74, 6) is 0.428. The fourth-order valence-corrected chi connectivity index (χ4v) is 1.57. The Bertz CT molecular complexity index is 124. The Hall–Kier alpha value is -0.400. The first-order valence-electron chi connectivity index (χ1n) is 4.25. The van der Waals surface area contributed by atoms with Crippen molar-refractivity contribution in [1.82, 2.24) is 0 Å². The van der Waals surface area contributed by atoms with E-state index in [9.17, 15) is 8.78 Å². The van der Waals surface area contributed by atoms with Gasteiger partial charge in [-0.1, -0.05) is 25.3 Å². The Kier molecular flexibility index (Phi) is 3.53. The van der Waals surface area contributed by atoms with Gasteiger partial charge in [-0.05, 0) is 24.8 Å². The van der Waals surface area contributed by atoms with Crippen LogP contribution in [0.4, 0.5) is 8.78 Å². The lowest BCUT2D eigenvalue weighted by atomic mass is 9.89. The Morgan fingerprint density at radius 3 is 2.27 bits per heavy atom. The number of rotatable bonds is 2. The lowest BCUT2D eigenvalue weighted by Crippen LogP contribution is -2.03. The molecule has 0 aromatic carbocycles. The molecule has 1 aliphatic carbocycles. The van der Waals surface area contributed by atoms with Gasteiger partial charge in [0.25, 0.3) is 6.43 Å². The van der Waals surface area contributed by atoms with Gasteiger partial charge in [-0.3, -0.25) is 0 Å². The predicted molar refractivity (Wildman–Crippen MR) is 41.7 cm³/mol. The summed E-state index contributed by atoms with van der Waals surface area (Å²) in [5.41, 5.74) is 0. The second kappa shape index (κ2) is 4.47. The van der Waals surface area contributed by atoms with Gasteiger partial charge in [0.1, 0.15) is 0 Å². The van der Waals surface area contributed by atoms with Gasteiger partial charge in [0, 0.05) is 0 Å². The molecule has 1 aliphatic rings. The first-order chi connectivity index (χ1) is 5.29. The maximum Gasteiger partial charge on any atom is 0.257 e. The minimum absolute atomic E-state index is 0.428. The summed E-state index contributed by atoms with van der Waals surface area (Å²) in [6.45, 7) is 0. The van der Waals surface area contributed by atoms with Gasteiger partial charge in [0.05, 0.1) is 0 Å². The summed E-state index contributed by atoms with van der Waals surface area (Å²) in [7, 11) is 0. The van der Waals surface area contributed by atoms with Crippen LogP contribution in [0, 0.1) is 5.92 Å². The summed E-state index contributed by atoms with van der Waals surface area (Å²) < 4.78 is 23.4. The van der Waals surface area contributed by atoms with Gasteiger partial charge < -0.3 is 0 Å². The largest absolute Gasteiger partial charge is 0.257 e. The quantitative estimate of drug-likeness (QED) is 0.543. The smallest absolute Gasteiger partial charge is 0.206 e. The minimum atomic E-state index is -2.27. The van der Waals surface area contributed by atoms with Gasteiger partial charge in [-0.25, -0.2) is 8.78 Å². The predicted octanol–water partition coefficient (Wildman–Crippen LogP) is 3.39. The van der Waals surface area contributed by atoms with Gasteiger partial charge in [0.15, 0.2) is 0 Å². The van der Waals surface area contributed by atoms with Crippen molar-refractivity contribution in [2.24, 2.45) is 5.92 Å².